The predicted molar refractivity (Wildman–Crippen MR) is 286 cm³/mol. The Bertz CT molecular complexity index is 4320. The van der Waals surface area contributed by atoms with E-state index < -0.39 is 74.2 Å². The standard InChI is InChI=1S/C64H61N4O.Pt/c1-61(2,3)40-30-31-65-58(36-40)68-55-26-18-17-24-50(55)51-29-28-44(38-57(51)68)69-45-33-41(62(4,5)6)32-43(37-45)66-39-67-59-53(34-42(63(7,8)9)35-54(59)64(10,11)12)49-23-16-14-21-47(49)46-20-13-15-22-48(46)52-25-19-27-56(66)60(52)67;/h13-36,39H,1-12H3;/q-1;+2/i7D3,8D3,9D3,10D3,11D3,12D3;. The average Bonchev–Trinajstić information content (AvgIpc) is 0.866. The first-order valence-electron chi connectivity index (χ1n) is 31.9. The van der Waals surface area contributed by atoms with Crippen LogP contribution in [-0.4, -0.2) is 14.1 Å². The number of hydrogen-bond acceptors (Lipinski definition) is 2. The van der Waals surface area contributed by atoms with Gasteiger partial charge in [0.1, 0.15) is 11.5 Å². The van der Waals surface area contributed by atoms with E-state index in [-0.39, 0.29) is 48.9 Å². The van der Waals surface area contributed by atoms with Gasteiger partial charge in [0.25, 0.3) is 6.33 Å². The van der Waals surface area contributed by atoms with Crippen LogP contribution < -0.4 is 9.30 Å². The molecule has 3 aromatic heterocycles. The second-order valence-electron chi connectivity index (χ2n) is 20.1. The Balaban J connectivity index is 0.00000855. The number of hydrogen-bond donors (Lipinski definition) is 0. The number of ether oxygens (including phenoxy) is 1. The van der Waals surface area contributed by atoms with Gasteiger partial charge in [0, 0.05) is 70.3 Å². The predicted octanol–water partition coefficient (Wildman–Crippen LogP) is 16.3. The average molecular weight is 1120 g/mol. The van der Waals surface area contributed by atoms with Crippen molar-refractivity contribution in [2.45, 2.75) is 104 Å². The molecule has 0 fully saturated rings. The molecule has 1 aliphatic rings. The number of benzene rings is 7. The van der Waals surface area contributed by atoms with Gasteiger partial charge in [-0.2, -0.15) is 10.6 Å². The van der Waals surface area contributed by atoms with E-state index in [1.807, 2.05) is 86.0 Å². The first kappa shape index (κ1) is 30.2. The van der Waals surface area contributed by atoms with Crippen molar-refractivity contribution in [1.29, 1.82) is 0 Å². The van der Waals surface area contributed by atoms with Crippen molar-refractivity contribution in [3.63, 3.8) is 0 Å². The van der Waals surface area contributed by atoms with Crippen molar-refractivity contribution in [3.8, 4) is 62.1 Å². The molecule has 1 aliphatic heterocycles. The topological polar surface area (TPSA) is 35.9 Å². The monoisotopic (exact) mass is 1110 g/mol. The van der Waals surface area contributed by atoms with E-state index in [1.165, 1.54) is 10.9 Å². The number of fused-ring (bicyclic) bond motifs is 10. The van der Waals surface area contributed by atoms with Crippen LogP contribution in [0.25, 0.3) is 83.4 Å². The summed E-state index contributed by atoms with van der Waals surface area (Å²) in [7, 11) is 0. The molecule has 5 nitrogen and oxygen atoms in total. The van der Waals surface area contributed by atoms with Crippen LogP contribution in [0, 0.1) is 12.1 Å². The molecule has 352 valence electrons. The smallest absolute Gasteiger partial charge is 0.509 e. The summed E-state index contributed by atoms with van der Waals surface area (Å²) in [6.45, 7) is -11.6. The van der Waals surface area contributed by atoms with Gasteiger partial charge in [-0.05, 0) is 96.8 Å². The van der Waals surface area contributed by atoms with Gasteiger partial charge < -0.3 is 9.30 Å². The molecule has 6 heteroatoms. The molecule has 0 aliphatic carbocycles. The molecule has 0 unspecified atom stereocenters. The number of nitrogens with zero attached hydrogens (tertiary/aromatic N) is 4. The van der Waals surface area contributed by atoms with Gasteiger partial charge in [-0.15, -0.1) is 35.2 Å². The first-order valence-corrected chi connectivity index (χ1v) is 22.9. The normalized spacial score (nSPS) is 17.6. The molecule has 0 radical (unpaired) electrons. The van der Waals surface area contributed by atoms with Crippen molar-refractivity contribution < 1.29 is 55.0 Å². The fourth-order valence-electron chi connectivity index (χ4n) is 9.74. The molecule has 0 saturated heterocycles. The summed E-state index contributed by atoms with van der Waals surface area (Å²) in [6.07, 6.45) is 3.30. The molecule has 70 heavy (non-hydrogen) atoms. The number of aromatic nitrogens is 4. The van der Waals surface area contributed by atoms with E-state index in [1.54, 1.807) is 71.4 Å². The zero-order valence-corrected chi connectivity index (χ0v) is 41.7. The Hall–Kier alpha value is -6.55. The zero-order chi connectivity index (χ0) is 63.4. The van der Waals surface area contributed by atoms with E-state index in [2.05, 4.69) is 39.0 Å². The Morgan fingerprint density at radius 2 is 1.14 bits per heavy atom. The molecule has 10 aromatic rings. The van der Waals surface area contributed by atoms with E-state index in [9.17, 15) is 12.3 Å². The SMILES string of the molecule is [2H]C([2H])([2H])C(c1cc2c(c(C(C([2H])([2H])[2H])(C([2H])([2H])[2H])C([2H])([2H])[2H])c1)-[n+]1cn(-c3[c-]c(Oc4[c-]c5c(cc4)c4ccccc4n5-c4cc(C(C)(C)C)ccn4)cc(C(C)(C)C)c3)c3cccc(c31)-c1ccccc1-c1ccccc1-2)(C([2H])([2H])[2H])C([2H])([2H])[2H].[Pt+2]. The Kier molecular flexibility index (Phi) is 7.26. The second kappa shape index (κ2) is 16.8. The third kappa shape index (κ3) is 8.01. The minimum Gasteiger partial charge on any atom is -0.509 e. The van der Waals surface area contributed by atoms with Crippen molar-refractivity contribution >= 4 is 32.8 Å². The Morgan fingerprint density at radius 1 is 0.529 bits per heavy atom. The number of para-hydroxylation sites is 2. The van der Waals surface area contributed by atoms with Gasteiger partial charge in [0.05, 0.1) is 0 Å². The van der Waals surface area contributed by atoms with Crippen LogP contribution in [0.3, 0.4) is 0 Å². The van der Waals surface area contributed by atoms with E-state index in [0.717, 1.165) is 33.5 Å². The minimum absolute atomic E-state index is 0. The fourth-order valence-corrected chi connectivity index (χ4v) is 9.74. The zero-order valence-electron chi connectivity index (χ0n) is 57.4. The molecule has 0 amide bonds. The molecule has 0 saturated carbocycles. The molecule has 0 spiro atoms. The second-order valence-corrected chi connectivity index (χ2v) is 20.1. The summed E-state index contributed by atoms with van der Waals surface area (Å²) < 4.78 is 175. The molecular weight excluding hydrogens is 1040 g/mol. The van der Waals surface area contributed by atoms with Crippen LogP contribution in [0.2, 0.25) is 0 Å². The summed E-state index contributed by atoms with van der Waals surface area (Å²) in [4.78, 5) is 4.83. The molecule has 0 bridgehead atoms. The van der Waals surface area contributed by atoms with Crippen LogP contribution >= 0.6 is 0 Å². The molecule has 11 rings (SSSR count). The van der Waals surface area contributed by atoms with Crippen LogP contribution in [0.15, 0.2) is 152 Å². The van der Waals surface area contributed by atoms with Crippen LogP contribution in [0.1, 0.15) is 130 Å². The van der Waals surface area contributed by atoms with Crippen LogP contribution in [-0.2, 0) is 42.7 Å². The molecule has 7 aromatic carbocycles. The van der Waals surface area contributed by atoms with E-state index in [4.69, 9.17) is 22.1 Å². The van der Waals surface area contributed by atoms with Gasteiger partial charge in [-0.3, -0.25) is 0 Å². The van der Waals surface area contributed by atoms with Gasteiger partial charge in [-0.1, -0.05) is 173 Å². The van der Waals surface area contributed by atoms with Gasteiger partial charge in [0.2, 0.25) is 0 Å². The minimum atomic E-state index is -4.05. The summed E-state index contributed by atoms with van der Waals surface area (Å²) >= 11 is 0. The molecular formula is C64H61N4OPt+. The molecule has 0 N–H and O–H groups in total. The quantitative estimate of drug-likeness (QED) is 0.130. The van der Waals surface area contributed by atoms with Crippen molar-refractivity contribution in [3.05, 3.63) is 186 Å². The first-order chi connectivity index (χ1) is 40.2. The summed E-state index contributed by atoms with van der Waals surface area (Å²) in [5, 5.41) is 1.87. The third-order valence-electron chi connectivity index (χ3n) is 13.2. The van der Waals surface area contributed by atoms with E-state index >= 15 is 0 Å². The summed E-state index contributed by atoms with van der Waals surface area (Å²) in [5.74, 6) is 1.25. The van der Waals surface area contributed by atoms with E-state index in [0.29, 0.717) is 56.6 Å². The third-order valence-corrected chi connectivity index (χ3v) is 13.2. The Labute approximate surface area is 453 Å². The van der Waals surface area contributed by atoms with Crippen molar-refractivity contribution in [2.75, 3.05) is 0 Å². The van der Waals surface area contributed by atoms with Crippen molar-refractivity contribution in [2.24, 2.45) is 0 Å². The fraction of sp³-hybridized carbons (Fsp3) is 0.250. The maximum Gasteiger partial charge on any atom is 2.00 e. The van der Waals surface area contributed by atoms with Gasteiger partial charge in [0.15, 0.2) is 11.0 Å². The number of pyridine rings is 1. The van der Waals surface area contributed by atoms with Gasteiger partial charge in [-0.25, -0.2) is 9.55 Å². The summed E-state index contributed by atoms with van der Waals surface area (Å²) in [6, 6.07) is 47.3. The van der Waals surface area contributed by atoms with Crippen LogP contribution in [0.4, 0.5) is 0 Å². The Morgan fingerprint density at radius 3 is 1.83 bits per heavy atom. The number of imidazole rings is 1. The maximum atomic E-state index is 9.22. The molecule has 4 heterocycles. The largest absolute Gasteiger partial charge is 2.00 e. The van der Waals surface area contributed by atoms with Crippen LogP contribution in [0.5, 0.6) is 11.5 Å². The molecule has 0 atom stereocenters. The van der Waals surface area contributed by atoms with Gasteiger partial charge >= 0.3 is 21.1 Å². The summed E-state index contributed by atoms with van der Waals surface area (Å²) in [5.41, 5.74) is -4.92. The maximum absolute atomic E-state index is 9.22. The van der Waals surface area contributed by atoms with Crippen molar-refractivity contribution in [1.82, 2.24) is 14.1 Å². The number of rotatable bonds is 4.